The molecule has 0 fully saturated rings. The van der Waals surface area contributed by atoms with Crippen molar-refractivity contribution in [3.63, 3.8) is 0 Å². The van der Waals surface area contributed by atoms with Crippen LogP contribution in [0, 0.1) is 0 Å². The number of benzene rings is 1. The van der Waals surface area contributed by atoms with Crippen molar-refractivity contribution in [3.05, 3.63) is 44.1 Å². The molecular weight excluding hydrogens is 408 g/mol. The van der Waals surface area contributed by atoms with E-state index < -0.39 is 23.2 Å². The Kier molecular flexibility index (Phi) is 5.78. The van der Waals surface area contributed by atoms with Crippen molar-refractivity contribution in [2.45, 2.75) is 19.4 Å². The molecule has 1 aromatic heterocycles. The molecule has 1 aliphatic rings. The molecule has 2 aromatic rings. The van der Waals surface area contributed by atoms with Crippen molar-refractivity contribution in [2.75, 3.05) is 21.3 Å². The number of aromatic hydroxyl groups is 1. The molecule has 0 bridgehead atoms. The minimum Gasteiger partial charge on any atom is -0.494 e. The number of hydrogen-bond donors (Lipinski definition) is 1. The molecule has 166 valence electrons. The third kappa shape index (κ3) is 3.51. The minimum atomic E-state index is -0.701. The molecule has 1 N–H and O–H groups in total. The number of amides is 1. The van der Waals surface area contributed by atoms with E-state index in [0.717, 1.165) is 9.13 Å². The Morgan fingerprint density at radius 1 is 1.06 bits per heavy atom. The second-order valence-electron chi connectivity index (χ2n) is 6.99. The second kappa shape index (κ2) is 8.17. The van der Waals surface area contributed by atoms with Crippen LogP contribution < -0.4 is 25.5 Å². The van der Waals surface area contributed by atoms with E-state index >= 15 is 0 Å². The third-order valence-electron chi connectivity index (χ3n) is 5.23. The number of nitrogens with zero attached hydrogens (tertiary/aromatic N) is 4. The summed E-state index contributed by atoms with van der Waals surface area (Å²) in [6.45, 7) is 1.34. The van der Waals surface area contributed by atoms with Gasteiger partial charge in [0.2, 0.25) is 17.5 Å². The summed E-state index contributed by atoms with van der Waals surface area (Å²) >= 11 is 0. The highest BCUT2D eigenvalue weighted by Crippen LogP contribution is 2.43. The Hall–Kier alpha value is -3.76. The van der Waals surface area contributed by atoms with Gasteiger partial charge in [-0.1, -0.05) is 0 Å². The molecule has 1 aliphatic heterocycles. The Bertz CT molecular complexity index is 1170. The maximum Gasteiger partial charge on any atom is 0.333 e. The van der Waals surface area contributed by atoms with Gasteiger partial charge < -0.3 is 19.3 Å². The predicted octanol–water partition coefficient (Wildman–Crippen LogP) is 0.513. The number of carbonyl (C=O) groups is 1. The van der Waals surface area contributed by atoms with E-state index in [4.69, 9.17) is 14.2 Å². The lowest BCUT2D eigenvalue weighted by Gasteiger charge is -2.22. The van der Waals surface area contributed by atoms with E-state index in [-0.39, 0.29) is 23.6 Å². The lowest BCUT2D eigenvalue weighted by Crippen LogP contribution is -2.39. The topological polar surface area (TPSA) is 125 Å². The van der Waals surface area contributed by atoms with Gasteiger partial charge >= 0.3 is 5.69 Å². The summed E-state index contributed by atoms with van der Waals surface area (Å²) in [5.74, 6) is 0.312. The van der Waals surface area contributed by atoms with Gasteiger partial charge in [-0.3, -0.25) is 18.7 Å². The molecule has 3 rings (SSSR count). The highest BCUT2D eigenvalue weighted by molar-refractivity contribution is 6.04. The summed E-state index contributed by atoms with van der Waals surface area (Å²) in [7, 11) is 7.09. The van der Waals surface area contributed by atoms with Gasteiger partial charge in [0.05, 0.1) is 33.1 Å². The number of carbonyl (C=O) groups excluding carboxylic acids is 1. The van der Waals surface area contributed by atoms with E-state index in [1.807, 2.05) is 0 Å². The maximum absolute atomic E-state index is 12.7. The molecule has 11 nitrogen and oxygen atoms in total. The van der Waals surface area contributed by atoms with E-state index in [1.54, 1.807) is 12.1 Å². The van der Waals surface area contributed by atoms with Crippen molar-refractivity contribution in [3.8, 4) is 23.1 Å². The molecule has 31 heavy (non-hydrogen) atoms. The minimum absolute atomic E-state index is 0.124. The van der Waals surface area contributed by atoms with Gasteiger partial charge in [0.1, 0.15) is 5.56 Å². The van der Waals surface area contributed by atoms with E-state index in [0.29, 0.717) is 22.8 Å². The van der Waals surface area contributed by atoms with Crippen molar-refractivity contribution < 1.29 is 24.1 Å². The zero-order valence-electron chi connectivity index (χ0n) is 18.1. The highest BCUT2D eigenvalue weighted by Gasteiger charge is 2.35. The summed E-state index contributed by atoms with van der Waals surface area (Å²) < 4.78 is 18.0. The van der Waals surface area contributed by atoms with Crippen LogP contribution in [-0.4, -0.2) is 52.2 Å². The molecule has 0 radical (unpaired) electrons. The van der Waals surface area contributed by atoms with Crippen molar-refractivity contribution in [2.24, 2.45) is 19.2 Å². The molecule has 1 amide bonds. The fourth-order valence-corrected chi connectivity index (χ4v) is 3.59. The largest absolute Gasteiger partial charge is 0.494 e. The molecule has 11 heteroatoms. The van der Waals surface area contributed by atoms with Gasteiger partial charge in [-0.2, -0.15) is 5.10 Å². The number of hydrazone groups is 1. The Labute approximate surface area is 177 Å². The van der Waals surface area contributed by atoms with Gasteiger partial charge in [0, 0.05) is 27.4 Å². The fraction of sp³-hybridized carbons (Fsp3) is 0.400. The number of hydrogen-bond acceptors (Lipinski definition) is 8. The van der Waals surface area contributed by atoms with E-state index in [1.165, 1.54) is 47.4 Å². The van der Waals surface area contributed by atoms with Crippen LogP contribution in [-0.2, 0) is 18.9 Å². The van der Waals surface area contributed by atoms with Gasteiger partial charge in [-0.25, -0.2) is 9.80 Å². The number of aromatic nitrogens is 2. The van der Waals surface area contributed by atoms with Gasteiger partial charge in [0.15, 0.2) is 11.5 Å². The van der Waals surface area contributed by atoms with Crippen molar-refractivity contribution in [1.82, 2.24) is 14.1 Å². The summed E-state index contributed by atoms with van der Waals surface area (Å²) in [4.78, 5) is 37.1. The van der Waals surface area contributed by atoms with Crippen LogP contribution in [0.3, 0.4) is 0 Å². The van der Waals surface area contributed by atoms with Gasteiger partial charge in [-0.05, 0) is 17.7 Å². The first-order valence-corrected chi connectivity index (χ1v) is 9.32. The zero-order valence-corrected chi connectivity index (χ0v) is 18.1. The first kappa shape index (κ1) is 21.9. The molecule has 1 atom stereocenters. The standard InChI is InChI=1S/C20H24N4O7/c1-10(25)24-13(11-7-14(29-4)17(31-6)15(8-11)30-5)9-12(21-24)16-18(26)22(2)20(28)23(3)19(16)27/h7-8,13,26H,9H2,1-6H3/t13-/m1/s1. The molecule has 0 unspecified atom stereocenters. The van der Waals surface area contributed by atoms with Gasteiger partial charge in [0.25, 0.3) is 5.56 Å². The Morgan fingerprint density at radius 2 is 1.65 bits per heavy atom. The first-order chi connectivity index (χ1) is 14.7. The van der Waals surface area contributed by atoms with E-state index in [9.17, 15) is 19.5 Å². The zero-order chi connectivity index (χ0) is 23.0. The first-order valence-electron chi connectivity index (χ1n) is 9.32. The predicted molar refractivity (Wildman–Crippen MR) is 111 cm³/mol. The fourth-order valence-electron chi connectivity index (χ4n) is 3.59. The van der Waals surface area contributed by atoms with Crippen LogP contribution in [0.25, 0.3) is 0 Å². The summed E-state index contributed by atoms with van der Waals surface area (Å²) in [5.41, 5.74) is -0.694. The number of methoxy groups -OCH3 is 3. The summed E-state index contributed by atoms with van der Waals surface area (Å²) in [6.07, 6.45) is 0.124. The lowest BCUT2D eigenvalue weighted by atomic mass is 9.98. The summed E-state index contributed by atoms with van der Waals surface area (Å²) in [5, 5.41) is 16.0. The van der Waals surface area contributed by atoms with Gasteiger partial charge in [-0.15, -0.1) is 0 Å². The Morgan fingerprint density at radius 3 is 2.13 bits per heavy atom. The SMILES string of the molecule is COc1cc([C@H]2CC(c3c(O)n(C)c(=O)n(C)c3=O)=NN2C(C)=O)cc(OC)c1OC. The lowest BCUT2D eigenvalue weighted by molar-refractivity contribution is -0.130. The molecule has 2 heterocycles. The molecular formula is C20H24N4O7. The number of ether oxygens (including phenoxy) is 3. The monoisotopic (exact) mass is 432 g/mol. The van der Waals surface area contributed by atoms with Crippen molar-refractivity contribution >= 4 is 11.6 Å². The van der Waals surface area contributed by atoms with Crippen LogP contribution >= 0.6 is 0 Å². The maximum atomic E-state index is 12.7. The average Bonchev–Trinajstić information content (AvgIpc) is 3.20. The van der Waals surface area contributed by atoms with E-state index in [2.05, 4.69) is 5.10 Å². The molecule has 0 saturated carbocycles. The normalized spacial score (nSPS) is 15.6. The molecule has 0 aliphatic carbocycles. The van der Waals surface area contributed by atoms with Crippen LogP contribution in [0.4, 0.5) is 0 Å². The average molecular weight is 432 g/mol. The second-order valence-corrected chi connectivity index (χ2v) is 6.99. The molecule has 1 aromatic carbocycles. The van der Waals surface area contributed by atoms with Crippen LogP contribution in [0.15, 0.2) is 26.8 Å². The Balaban J connectivity index is 2.16. The van der Waals surface area contributed by atoms with Crippen LogP contribution in [0.2, 0.25) is 0 Å². The molecule has 0 saturated heterocycles. The van der Waals surface area contributed by atoms with Crippen LogP contribution in [0.1, 0.15) is 30.5 Å². The molecule has 0 spiro atoms. The highest BCUT2D eigenvalue weighted by atomic mass is 16.5. The van der Waals surface area contributed by atoms with Crippen LogP contribution in [0.5, 0.6) is 23.1 Å². The summed E-state index contributed by atoms with van der Waals surface area (Å²) in [6, 6.07) is 2.79. The third-order valence-corrected chi connectivity index (χ3v) is 5.23. The quantitative estimate of drug-likeness (QED) is 0.730. The smallest absolute Gasteiger partial charge is 0.333 e. The van der Waals surface area contributed by atoms with Crippen molar-refractivity contribution in [1.29, 1.82) is 0 Å². The number of rotatable bonds is 5.